The highest BCUT2D eigenvalue weighted by Crippen LogP contribution is 2.48. The number of hydrogen-bond acceptors (Lipinski definition) is 3. The van der Waals surface area contributed by atoms with E-state index in [1.165, 1.54) is 6.92 Å². The van der Waals surface area contributed by atoms with E-state index < -0.39 is 11.3 Å². The minimum atomic E-state index is -1.04. The van der Waals surface area contributed by atoms with Crippen molar-refractivity contribution in [3.05, 3.63) is 58.8 Å². The Balaban J connectivity index is 2.77. The summed E-state index contributed by atoms with van der Waals surface area (Å²) in [5.74, 6) is -0.532. The minimum absolute atomic E-state index is 0.0823. The lowest BCUT2D eigenvalue weighted by molar-refractivity contribution is -0.114. The summed E-state index contributed by atoms with van der Waals surface area (Å²) in [7, 11) is 0. The number of nitriles is 1. The maximum atomic E-state index is 12.3. The lowest BCUT2D eigenvalue weighted by Crippen LogP contribution is -2.48. The van der Waals surface area contributed by atoms with Crippen LogP contribution in [0.15, 0.2) is 48.2 Å². The molecule has 1 aromatic rings. The first-order valence-corrected chi connectivity index (χ1v) is 7.96. The summed E-state index contributed by atoms with van der Waals surface area (Å²) < 4.78 is 0. The van der Waals surface area contributed by atoms with E-state index in [1.54, 1.807) is 25.1 Å². The number of carbonyl (C=O) groups is 1. The molecule has 3 nitrogen and oxygen atoms in total. The first-order valence-electron chi connectivity index (χ1n) is 7.18. The maximum Gasteiger partial charge on any atom is 0.158 e. The molecule has 0 saturated carbocycles. The second-order valence-corrected chi connectivity index (χ2v) is 6.45. The molecule has 118 valence electrons. The highest BCUT2D eigenvalue weighted by Gasteiger charge is 2.49. The van der Waals surface area contributed by atoms with Crippen LogP contribution in [0.2, 0.25) is 5.02 Å². The fourth-order valence-corrected chi connectivity index (χ4v) is 3.64. The second kappa shape index (κ2) is 6.66. The molecular weight excluding hydrogens is 328 g/mol. The Hall–Kier alpha value is -1.96. The fraction of sp³-hybridized carbons (Fsp3) is 0.278. The van der Waals surface area contributed by atoms with Gasteiger partial charge in [-0.05, 0) is 38.0 Å². The molecule has 0 saturated heterocycles. The van der Waals surface area contributed by atoms with Gasteiger partial charge < -0.3 is 5.32 Å². The number of benzene rings is 1. The number of hydrogen-bond donors (Lipinski definition) is 1. The number of carbonyl (C=O) groups excluding carboxylic acids is 1. The Morgan fingerprint density at radius 1 is 1.52 bits per heavy atom. The van der Waals surface area contributed by atoms with Crippen LogP contribution in [-0.4, -0.2) is 10.8 Å². The SMILES string of the molecule is C=CC[C@]1(C#N)C(=S)NC(C)=C(C(C)=O)[C@@H]1c1ccc(Cl)cc1. The Labute approximate surface area is 146 Å². The van der Waals surface area contributed by atoms with Gasteiger partial charge in [-0.2, -0.15) is 5.26 Å². The average molecular weight is 345 g/mol. The number of allylic oxidation sites excluding steroid dienone is 3. The number of rotatable bonds is 4. The van der Waals surface area contributed by atoms with Crippen molar-refractivity contribution in [3.63, 3.8) is 0 Å². The summed E-state index contributed by atoms with van der Waals surface area (Å²) in [5, 5.41) is 13.6. The smallest absolute Gasteiger partial charge is 0.158 e. The standard InChI is InChI=1S/C18H17ClN2OS/c1-4-9-18(10-20)16(13-5-7-14(19)8-6-13)15(12(3)22)11(2)21-17(18)23/h4-8,16H,1,9H2,2-3H3,(H,21,23)/t16-,18+/m0/s1. The van der Waals surface area contributed by atoms with E-state index in [2.05, 4.69) is 18.0 Å². The molecule has 0 aliphatic carbocycles. The molecular formula is C18H17ClN2OS. The summed E-state index contributed by atoms with van der Waals surface area (Å²) in [4.78, 5) is 12.7. The number of Topliss-reactive ketones (excluding diaryl/α,β-unsaturated/α-hetero) is 1. The highest BCUT2D eigenvalue weighted by molar-refractivity contribution is 7.80. The van der Waals surface area contributed by atoms with E-state index in [0.717, 1.165) is 5.56 Å². The van der Waals surface area contributed by atoms with Crippen molar-refractivity contribution in [1.29, 1.82) is 5.26 Å². The van der Waals surface area contributed by atoms with Crippen LogP contribution in [0.4, 0.5) is 0 Å². The van der Waals surface area contributed by atoms with Gasteiger partial charge in [0.25, 0.3) is 0 Å². The lowest BCUT2D eigenvalue weighted by atomic mass is 9.64. The first-order chi connectivity index (χ1) is 10.9. The van der Waals surface area contributed by atoms with Crippen molar-refractivity contribution in [2.45, 2.75) is 26.2 Å². The molecule has 0 spiro atoms. The van der Waals surface area contributed by atoms with Gasteiger partial charge in [0.15, 0.2) is 5.78 Å². The van der Waals surface area contributed by atoms with Gasteiger partial charge in [0.2, 0.25) is 0 Å². The Kier molecular flexibility index (Phi) is 5.03. The summed E-state index contributed by atoms with van der Waals surface area (Å²) in [6.45, 7) is 7.07. The van der Waals surface area contributed by atoms with E-state index in [9.17, 15) is 10.1 Å². The number of nitrogens with one attached hydrogen (secondary N) is 1. The van der Waals surface area contributed by atoms with Gasteiger partial charge in [-0.3, -0.25) is 4.79 Å². The van der Waals surface area contributed by atoms with Crippen molar-refractivity contribution in [1.82, 2.24) is 5.32 Å². The predicted molar refractivity (Wildman–Crippen MR) is 96.2 cm³/mol. The summed E-state index contributed by atoms with van der Waals surface area (Å²) >= 11 is 11.4. The van der Waals surface area contributed by atoms with Crippen molar-refractivity contribution >= 4 is 34.6 Å². The summed E-state index contributed by atoms with van der Waals surface area (Å²) in [6, 6.07) is 9.53. The number of thiocarbonyl (C=S) groups is 1. The number of ketones is 1. The molecule has 1 heterocycles. The first kappa shape index (κ1) is 17.4. The summed E-state index contributed by atoms with van der Waals surface area (Å²) in [6.07, 6.45) is 2.02. The number of halogens is 1. The molecule has 0 unspecified atom stereocenters. The fourth-order valence-electron chi connectivity index (χ4n) is 3.12. The predicted octanol–water partition coefficient (Wildman–Crippen LogP) is 4.30. The monoisotopic (exact) mass is 344 g/mol. The molecule has 1 aromatic carbocycles. The highest BCUT2D eigenvalue weighted by atomic mass is 35.5. The van der Waals surface area contributed by atoms with Gasteiger partial charge in [0, 0.05) is 22.2 Å². The third kappa shape index (κ3) is 2.95. The Bertz CT molecular complexity index is 745. The molecule has 5 heteroatoms. The Morgan fingerprint density at radius 2 is 2.13 bits per heavy atom. The van der Waals surface area contributed by atoms with Crippen molar-refractivity contribution in [2.75, 3.05) is 0 Å². The third-order valence-electron chi connectivity index (χ3n) is 4.14. The topological polar surface area (TPSA) is 52.9 Å². The van der Waals surface area contributed by atoms with E-state index >= 15 is 0 Å². The largest absolute Gasteiger partial charge is 0.352 e. The van der Waals surface area contributed by atoms with Gasteiger partial charge in [-0.1, -0.05) is 42.0 Å². The molecule has 2 rings (SSSR count). The zero-order chi connectivity index (χ0) is 17.2. The van der Waals surface area contributed by atoms with Gasteiger partial charge in [-0.25, -0.2) is 0 Å². The van der Waals surface area contributed by atoms with E-state index in [-0.39, 0.29) is 5.78 Å². The molecule has 1 aliphatic heterocycles. The Morgan fingerprint density at radius 3 is 2.61 bits per heavy atom. The van der Waals surface area contributed by atoms with Crippen LogP contribution >= 0.6 is 23.8 Å². The van der Waals surface area contributed by atoms with Crippen molar-refractivity contribution in [3.8, 4) is 6.07 Å². The summed E-state index contributed by atoms with van der Waals surface area (Å²) in [5.41, 5.74) is 1.07. The van der Waals surface area contributed by atoms with Crippen molar-refractivity contribution < 1.29 is 4.79 Å². The number of nitrogens with zero attached hydrogens (tertiary/aromatic N) is 1. The van der Waals surface area contributed by atoms with Crippen LogP contribution < -0.4 is 5.32 Å². The molecule has 0 bridgehead atoms. The van der Waals surface area contributed by atoms with E-state index in [0.29, 0.717) is 27.7 Å². The van der Waals surface area contributed by atoms with Crippen LogP contribution in [0.1, 0.15) is 31.7 Å². The minimum Gasteiger partial charge on any atom is -0.352 e. The molecule has 0 aromatic heterocycles. The molecule has 1 N–H and O–H groups in total. The average Bonchev–Trinajstić information content (AvgIpc) is 2.50. The molecule has 2 atom stereocenters. The van der Waals surface area contributed by atoms with Crippen LogP contribution in [0.5, 0.6) is 0 Å². The van der Waals surface area contributed by atoms with Gasteiger partial charge in [0.1, 0.15) is 10.4 Å². The van der Waals surface area contributed by atoms with Crippen LogP contribution in [0, 0.1) is 16.7 Å². The molecule has 23 heavy (non-hydrogen) atoms. The maximum absolute atomic E-state index is 12.3. The normalized spacial score (nSPS) is 23.9. The zero-order valence-corrected chi connectivity index (χ0v) is 14.6. The van der Waals surface area contributed by atoms with Gasteiger partial charge in [-0.15, -0.1) is 6.58 Å². The third-order valence-corrected chi connectivity index (χ3v) is 4.86. The van der Waals surface area contributed by atoms with Crippen molar-refractivity contribution in [2.24, 2.45) is 5.41 Å². The molecule has 0 amide bonds. The zero-order valence-electron chi connectivity index (χ0n) is 13.0. The second-order valence-electron chi connectivity index (χ2n) is 5.61. The molecule has 1 aliphatic rings. The molecule has 0 fully saturated rings. The quantitative estimate of drug-likeness (QED) is 0.653. The van der Waals surface area contributed by atoms with Crippen LogP contribution in [-0.2, 0) is 4.79 Å². The van der Waals surface area contributed by atoms with Gasteiger partial charge in [0.05, 0.1) is 6.07 Å². The van der Waals surface area contributed by atoms with E-state index in [1.807, 2.05) is 12.1 Å². The van der Waals surface area contributed by atoms with Crippen LogP contribution in [0.25, 0.3) is 0 Å². The molecule has 0 radical (unpaired) electrons. The van der Waals surface area contributed by atoms with Crippen LogP contribution in [0.3, 0.4) is 0 Å². The lowest BCUT2D eigenvalue weighted by Gasteiger charge is -2.41. The van der Waals surface area contributed by atoms with Gasteiger partial charge >= 0.3 is 0 Å². The van der Waals surface area contributed by atoms with E-state index in [4.69, 9.17) is 23.8 Å².